The first-order valence-electron chi connectivity index (χ1n) is 5.96. The second-order valence-electron chi connectivity index (χ2n) is 4.29. The first-order valence-corrected chi connectivity index (χ1v) is 5.96. The highest BCUT2D eigenvalue weighted by molar-refractivity contribution is 5.69. The van der Waals surface area contributed by atoms with E-state index in [2.05, 4.69) is 0 Å². The molecule has 0 bridgehead atoms. The topological polar surface area (TPSA) is 87.0 Å². The highest BCUT2D eigenvalue weighted by Crippen LogP contribution is 2.15. The van der Waals surface area contributed by atoms with E-state index in [9.17, 15) is 20.1 Å². The molecule has 0 aromatic carbocycles. The van der Waals surface area contributed by atoms with Gasteiger partial charge >= 0.3 is 5.97 Å². The van der Waals surface area contributed by atoms with Crippen molar-refractivity contribution in [1.29, 1.82) is 0 Å². The number of aliphatic hydroxyl groups is 3. The van der Waals surface area contributed by atoms with E-state index >= 15 is 0 Å². The summed E-state index contributed by atoms with van der Waals surface area (Å²) in [6, 6.07) is 0. The van der Waals surface area contributed by atoms with E-state index in [-0.39, 0.29) is 12.8 Å². The molecular formula is C12H20O5. The van der Waals surface area contributed by atoms with E-state index in [1.165, 1.54) is 12.2 Å². The van der Waals surface area contributed by atoms with Gasteiger partial charge in [0.15, 0.2) is 0 Å². The van der Waals surface area contributed by atoms with E-state index in [0.29, 0.717) is 6.42 Å². The third kappa shape index (κ3) is 4.46. The number of cyclic esters (lactones) is 1. The lowest BCUT2D eigenvalue weighted by Gasteiger charge is -2.26. The molecule has 0 aromatic rings. The van der Waals surface area contributed by atoms with E-state index in [1.807, 2.05) is 6.92 Å². The van der Waals surface area contributed by atoms with Gasteiger partial charge in [-0.15, -0.1) is 0 Å². The van der Waals surface area contributed by atoms with Crippen molar-refractivity contribution < 1.29 is 24.9 Å². The quantitative estimate of drug-likeness (QED) is 0.475. The minimum absolute atomic E-state index is 0.106. The monoisotopic (exact) mass is 244 g/mol. The zero-order chi connectivity index (χ0) is 12.8. The molecule has 0 aliphatic carbocycles. The summed E-state index contributed by atoms with van der Waals surface area (Å²) < 4.78 is 5.10. The van der Waals surface area contributed by atoms with Crippen LogP contribution < -0.4 is 0 Å². The van der Waals surface area contributed by atoms with Gasteiger partial charge in [0.2, 0.25) is 0 Å². The molecule has 5 nitrogen and oxygen atoms in total. The van der Waals surface area contributed by atoms with Crippen molar-refractivity contribution in [3.05, 3.63) is 12.2 Å². The van der Waals surface area contributed by atoms with Gasteiger partial charge in [-0.3, -0.25) is 4.79 Å². The van der Waals surface area contributed by atoms with Crippen LogP contribution in [-0.2, 0) is 9.53 Å². The molecule has 0 fully saturated rings. The van der Waals surface area contributed by atoms with Crippen LogP contribution in [0.15, 0.2) is 12.2 Å². The summed E-state index contributed by atoms with van der Waals surface area (Å²) in [6.45, 7) is 1.91. The molecule has 1 aliphatic heterocycles. The Labute approximate surface area is 101 Å². The maximum absolute atomic E-state index is 11.4. The number of aliphatic hydroxyl groups excluding tert-OH is 3. The number of carbonyl (C=O) groups excluding carboxylic acids is 1. The first kappa shape index (κ1) is 14.2. The van der Waals surface area contributed by atoms with E-state index in [0.717, 1.165) is 6.42 Å². The molecule has 0 saturated heterocycles. The van der Waals surface area contributed by atoms with Crippen molar-refractivity contribution >= 4 is 5.97 Å². The summed E-state index contributed by atoms with van der Waals surface area (Å²) in [5.74, 6) is -0.455. The summed E-state index contributed by atoms with van der Waals surface area (Å²) in [5.41, 5.74) is 0. The smallest absolute Gasteiger partial charge is 0.306 e. The van der Waals surface area contributed by atoms with Crippen molar-refractivity contribution in [3.63, 3.8) is 0 Å². The fourth-order valence-electron chi connectivity index (χ4n) is 1.75. The van der Waals surface area contributed by atoms with Crippen LogP contribution in [-0.4, -0.2) is 45.7 Å². The average Bonchev–Trinajstić information content (AvgIpc) is 2.31. The largest absolute Gasteiger partial charge is 0.459 e. The molecule has 0 radical (unpaired) electrons. The molecule has 1 heterocycles. The molecule has 0 spiro atoms. The zero-order valence-corrected chi connectivity index (χ0v) is 9.95. The Morgan fingerprint density at radius 3 is 2.71 bits per heavy atom. The lowest BCUT2D eigenvalue weighted by molar-refractivity contribution is -0.159. The van der Waals surface area contributed by atoms with Crippen LogP contribution in [0.4, 0.5) is 0 Å². The number of rotatable bonds is 2. The molecular weight excluding hydrogens is 224 g/mol. The Balaban J connectivity index is 2.78. The molecule has 0 amide bonds. The van der Waals surface area contributed by atoms with Crippen LogP contribution in [0.1, 0.15) is 32.6 Å². The van der Waals surface area contributed by atoms with Crippen LogP contribution in [0.5, 0.6) is 0 Å². The second kappa shape index (κ2) is 6.74. The molecule has 1 rings (SSSR count). The van der Waals surface area contributed by atoms with Gasteiger partial charge in [-0.2, -0.15) is 0 Å². The van der Waals surface area contributed by atoms with E-state index < -0.39 is 30.4 Å². The summed E-state index contributed by atoms with van der Waals surface area (Å²) >= 11 is 0. The Morgan fingerprint density at radius 1 is 1.35 bits per heavy atom. The molecule has 4 atom stereocenters. The van der Waals surface area contributed by atoms with Gasteiger partial charge in [0.25, 0.3) is 0 Å². The predicted octanol–water partition coefficient (Wildman–Crippen LogP) is 0.131. The van der Waals surface area contributed by atoms with E-state index in [4.69, 9.17) is 4.74 Å². The van der Waals surface area contributed by atoms with Gasteiger partial charge < -0.3 is 20.1 Å². The number of esters is 1. The summed E-state index contributed by atoms with van der Waals surface area (Å²) in [4.78, 5) is 11.4. The minimum Gasteiger partial charge on any atom is -0.459 e. The molecule has 0 unspecified atom stereocenters. The van der Waals surface area contributed by atoms with Crippen LogP contribution in [0, 0.1) is 0 Å². The normalized spacial score (nSPS) is 37.3. The highest BCUT2D eigenvalue weighted by Gasteiger charge is 2.28. The maximum Gasteiger partial charge on any atom is 0.306 e. The molecule has 0 saturated carbocycles. The standard InChI is InChI=1S/C12H20O5/c1-2-3-10-12(16)9(14)6-4-8(13)5-7-11(15)17-10/h4,6,8-10,12-14,16H,2-3,5,7H2,1H3/b6-4+/t8-,9-,10+,12-/m1/s1. The Bertz CT molecular complexity index is 276. The molecule has 98 valence electrons. The summed E-state index contributed by atoms with van der Waals surface area (Å²) in [7, 11) is 0. The lowest BCUT2D eigenvalue weighted by Crippen LogP contribution is -2.40. The third-order valence-electron chi connectivity index (χ3n) is 2.76. The molecule has 17 heavy (non-hydrogen) atoms. The molecule has 1 aliphatic rings. The Kier molecular flexibility index (Phi) is 5.61. The van der Waals surface area contributed by atoms with Gasteiger partial charge in [0.1, 0.15) is 18.3 Å². The van der Waals surface area contributed by atoms with Crippen LogP contribution in [0.2, 0.25) is 0 Å². The minimum atomic E-state index is -1.15. The second-order valence-corrected chi connectivity index (χ2v) is 4.29. The van der Waals surface area contributed by atoms with Crippen molar-refractivity contribution in [2.45, 2.75) is 57.0 Å². The van der Waals surface area contributed by atoms with Gasteiger partial charge in [-0.1, -0.05) is 25.5 Å². The van der Waals surface area contributed by atoms with Crippen LogP contribution >= 0.6 is 0 Å². The Hall–Kier alpha value is -0.910. The predicted molar refractivity (Wildman–Crippen MR) is 61.2 cm³/mol. The fraction of sp³-hybridized carbons (Fsp3) is 0.750. The number of carbonyl (C=O) groups is 1. The number of ether oxygens (including phenoxy) is 1. The fourth-order valence-corrected chi connectivity index (χ4v) is 1.75. The van der Waals surface area contributed by atoms with Gasteiger partial charge in [0, 0.05) is 6.42 Å². The SMILES string of the molecule is CCC[C@@H]1OC(=O)CC[C@H](O)/C=C/[C@@H](O)[C@H]1O. The molecule has 5 heteroatoms. The number of hydrogen-bond acceptors (Lipinski definition) is 5. The Morgan fingerprint density at radius 2 is 2.06 bits per heavy atom. The van der Waals surface area contributed by atoms with Crippen molar-refractivity contribution in [1.82, 2.24) is 0 Å². The van der Waals surface area contributed by atoms with Crippen LogP contribution in [0.25, 0.3) is 0 Å². The maximum atomic E-state index is 11.4. The van der Waals surface area contributed by atoms with Gasteiger partial charge in [0.05, 0.1) is 6.10 Å². The van der Waals surface area contributed by atoms with Crippen LogP contribution in [0.3, 0.4) is 0 Å². The van der Waals surface area contributed by atoms with Crippen molar-refractivity contribution in [2.75, 3.05) is 0 Å². The molecule has 3 N–H and O–H groups in total. The zero-order valence-electron chi connectivity index (χ0n) is 9.95. The first-order chi connectivity index (χ1) is 8.04. The average molecular weight is 244 g/mol. The van der Waals surface area contributed by atoms with Gasteiger partial charge in [-0.25, -0.2) is 0 Å². The number of hydrogen-bond donors (Lipinski definition) is 3. The van der Waals surface area contributed by atoms with Crippen molar-refractivity contribution in [3.8, 4) is 0 Å². The summed E-state index contributed by atoms with van der Waals surface area (Å²) in [6.07, 6.45) is 0.578. The molecule has 0 aromatic heterocycles. The van der Waals surface area contributed by atoms with Gasteiger partial charge in [-0.05, 0) is 12.8 Å². The lowest BCUT2D eigenvalue weighted by atomic mass is 10.0. The highest BCUT2D eigenvalue weighted by atomic mass is 16.6. The summed E-state index contributed by atoms with van der Waals surface area (Å²) in [5, 5.41) is 28.9. The third-order valence-corrected chi connectivity index (χ3v) is 2.76. The van der Waals surface area contributed by atoms with E-state index in [1.54, 1.807) is 0 Å². The van der Waals surface area contributed by atoms with Crippen molar-refractivity contribution in [2.24, 2.45) is 0 Å².